The van der Waals surface area contributed by atoms with E-state index in [0.29, 0.717) is 13.2 Å². The van der Waals surface area contributed by atoms with Crippen LogP contribution in [0.2, 0.25) is 0 Å². The molecule has 3 aromatic carbocycles. The number of rotatable bonds is 9. The zero-order valence-corrected chi connectivity index (χ0v) is 30.7. The molecule has 2 fully saturated rings. The number of benzene rings is 3. The second kappa shape index (κ2) is 23.7. The van der Waals surface area contributed by atoms with Crippen molar-refractivity contribution < 1.29 is 83.7 Å². The van der Waals surface area contributed by atoms with Crippen LogP contribution in [-0.2, 0) is 28.4 Å². The lowest BCUT2D eigenvalue weighted by Crippen LogP contribution is -2.25. The topological polar surface area (TPSA) is 268 Å². The number of esters is 2. The summed E-state index contributed by atoms with van der Waals surface area (Å²) < 4.78 is 31.0. The van der Waals surface area contributed by atoms with Crippen LogP contribution in [0.5, 0.6) is 17.2 Å². The van der Waals surface area contributed by atoms with Crippen LogP contribution in [-0.4, -0.2) is 135 Å². The van der Waals surface area contributed by atoms with Crippen LogP contribution in [0.25, 0.3) is 0 Å². The molecule has 2 aliphatic heterocycles. The molecule has 0 aliphatic carbocycles. The van der Waals surface area contributed by atoms with Crippen LogP contribution >= 0.6 is 0 Å². The molecule has 0 spiro atoms. The molecule has 0 bridgehead atoms. The predicted molar refractivity (Wildman–Crippen MR) is 190 cm³/mol. The fraction of sp³-hybridized carbons (Fsp3) is 0.432. The van der Waals surface area contributed by atoms with Gasteiger partial charge in [0.15, 0.2) is 11.6 Å². The maximum Gasteiger partial charge on any atom is 0.342 e. The number of carbonyl (C=O) groups is 3. The molecule has 3 atom stereocenters. The number of phenols is 3. The fourth-order valence-corrected chi connectivity index (χ4v) is 4.19. The zero-order chi connectivity index (χ0) is 40.9. The summed E-state index contributed by atoms with van der Waals surface area (Å²) in [6.07, 6.45) is -1.49. The van der Waals surface area contributed by atoms with Gasteiger partial charge < -0.3 is 69.3 Å². The van der Waals surface area contributed by atoms with E-state index in [1.54, 1.807) is 50.2 Å². The smallest absolute Gasteiger partial charge is 0.342 e. The quantitative estimate of drug-likeness (QED) is 0.145. The average Bonchev–Trinajstić information content (AvgIpc) is 3.70. The number of carbonyl (C=O) groups excluding carboxylic acids is 2. The van der Waals surface area contributed by atoms with Crippen LogP contribution in [0.15, 0.2) is 72.8 Å². The number of hydrogen-bond donors (Lipinski definition) is 8. The Balaban J connectivity index is 0.000000367. The van der Waals surface area contributed by atoms with Crippen LogP contribution in [0.1, 0.15) is 58.8 Å². The monoisotopic (exact) mass is 766 g/mol. The average molecular weight is 767 g/mol. The largest absolute Gasteiger partial charge is 0.507 e. The van der Waals surface area contributed by atoms with Crippen molar-refractivity contribution in [2.45, 2.75) is 57.6 Å². The molecular formula is C37H50O17. The van der Waals surface area contributed by atoms with Crippen molar-refractivity contribution in [3.05, 3.63) is 89.5 Å². The second-order valence-corrected chi connectivity index (χ2v) is 12.0. The van der Waals surface area contributed by atoms with Crippen molar-refractivity contribution in [2.24, 2.45) is 0 Å². The third kappa shape index (κ3) is 17.3. The summed E-state index contributed by atoms with van der Waals surface area (Å²) in [5.74, 6) is -4.01. The molecule has 17 nitrogen and oxygen atoms in total. The van der Waals surface area contributed by atoms with Crippen LogP contribution in [0.4, 0.5) is 0 Å². The molecule has 54 heavy (non-hydrogen) atoms. The lowest BCUT2D eigenvalue weighted by Gasteiger charge is -2.17. The number of ether oxygens (including phenoxy) is 6. The van der Waals surface area contributed by atoms with Gasteiger partial charge in [-0.05, 0) is 64.1 Å². The van der Waals surface area contributed by atoms with E-state index < -0.39 is 42.2 Å². The van der Waals surface area contributed by atoms with E-state index in [2.05, 4.69) is 4.74 Å². The first-order valence-electron chi connectivity index (χ1n) is 16.4. The Morgan fingerprint density at radius 2 is 1.07 bits per heavy atom. The Labute approximate surface area is 312 Å². The van der Waals surface area contributed by atoms with Gasteiger partial charge in [-0.3, -0.25) is 0 Å². The Morgan fingerprint density at radius 3 is 1.39 bits per heavy atom. The molecule has 2 saturated heterocycles. The number of aromatic carboxylic acids is 1. The Morgan fingerprint density at radius 1 is 0.685 bits per heavy atom. The zero-order valence-electron chi connectivity index (χ0n) is 30.7. The lowest BCUT2D eigenvalue weighted by molar-refractivity contribution is -0.143. The molecule has 2 aliphatic rings. The number of carboxylic acid groups (broad SMARTS) is 1. The van der Waals surface area contributed by atoms with E-state index in [-0.39, 0.29) is 66.0 Å². The number of phenolic OH excluding ortho intramolecular Hbond substituents is 2. The first kappa shape index (κ1) is 47.2. The number of aliphatic hydroxyl groups excluding tert-OH is 4. The van der Waals surface area contributed by atoms with E-state index in [4.69, 9.17) is 54.3 Å². The van der Waals surface area contributed by atoms with Crippen molar-refractivity contribution in [1.82, 2.24) is 0 Å². The lowest BCUT2D eigenvalue weighted by atomic mass is 10.2. The Hall–Kier alpha value is -4.85. The number of aliphatic hydroxyl groups is 4. The van der Waals surface area contributed by atoms with Gasteiger partial charge in [-0.15, -0.1) is 0 Å². The van der Waals surface area contributed by atoms with Gasteiger partial charge in [0, 0.05) is 7.11 Å². The standard InChI is InChI=1S/C13H16O5.C10H12O5.C7H6O3.C6H12O3.CH4O/c1-13(2)17-8-9(18-13)7-16-12(15)10-5-3-4-6-11(10)14;11-5-7(12)6-15-10(14)8-3-1-2-4-9(8)13;8-6-4-2-1-3-5(6)7(9)10;1-6(2)8-4-5(3-7)9-6;1-2/h3-6,9,14H,7-8H2,1-2H3;1-4,7,11-13H,5-6H2;1-4,8H,(H,9,10);5,7H,3-4H2,1-2H3;2H,1H3/t9-;7-;;5-;/m10.1./s1. The minimum atomic E-state index is -1.11. The van der Waals surface area contributed by atoms with E-state index in [9.17, 15) is 24.6 Å². The number of hydrogen-bond acceptors (Lipinski definition) is 16. The van der Waals surface area contributed by atoms with Crippen molar-refractivity contribution in [1.29, 1.82) is 0 Å². The van der Waals surface area contributed by atoms with E-state index in [1.807, 2.05) is 13.8 Å². The highest BCUT2D eigenvalue weighted by Gasteiger charge is 2.34. The predicted octanol–water partition coefficient (Wildman–Crippen LogP) is 2.43. The van der Waals surface area contributed by atoms with Crippen molar-refractivity contribution in [2.75, 3.05) is 46.8 Å². The molecule has 17 heteroatoms. The van der Waals surface area contributed by atoms with Gasteiger partial charge in [-0.25, -0.2) is 14.4 Å². The summed E-state index contributed by atoms with van der Waals surface area (Å²) in [5, 5.41) is 69.1. The molecule has 8 N–H and O–H groups in total. The number of aromatic hydroxyl groups is 3. The third-order valence-corrected chi connectivity index (χ3v) is 6.74. The normalized spacial score (nSPS) is 17.9. The molecular weight excluding hydrogens is 716 g/mol. The minimum absolute atomic E-state index is 0.0302. The van der Waals surface area contributed by atoms with Crippen molar-refractivity contribution in [3.8, 4) is 17.2 Å². The van der Waals surface area contributed by atoms with E-state index in [1.165, 1.54) is 36.4 Å². The summed E-state index contributed by atoms with van der Waals surface area (Å²) in [5.41, 5.74) is 0.112. The molecule has 5 rings (SSSR count). The van der Waals surface area contributed by atoms with Gasteiger partial charge in [0.1, 0.15) is 65.5 Å². The molecule has 0 aromatic heterocycles. The summed E-state index contributed by atoms with van der Waals surface area (Å²) in [7, 11) is 1.00. The molecule has 0 radical (unpaired) electrons. The maximum absolute atomic E-state index is 11.7. The van der Waals surface area contributed by atoms with Gasteiger partial charge in [0.25, 0.3) is 0 Å². The highest BCUT2D eigenvalue weighted by atomic mass is 16.8. The van der Waals surface area contributed by atoms with Crippen LogP contribution in [0.3, 0.4) is 0 Å². The fourth-order valence-electron chi connectivity index (χ4n) is 4.19. The number of carboxylic acids is 1. The van der Waals surface area contributed by atoms with Gasteiger partial charge in [0.05, 0.1) is 26.4 Å². The second-order valence-electron chi connectivity index (χ2n) is 12.0. The highest BCUT2D eigenvalue weighted by molar-refractivity contribution is 5.93. The van der Waals surface area contributed by atoms with Gasteiger partial charge >= 0.3 is 17.9 Å². The van der Waals surface area contributed by atoms with Crippen molar-refractivity contribution in [3.63, 3.8) is 0 Å². The van der Waals surface area contributed by atoms with Gasteiger partial charge in [-0.1, -0.05) is 36.4 Å². The summed E-state index contributed by atoms with van der Waals surface area (Å²) in [6.45, 7) is 7.54. The number of para-hydroxylation sites is 3. The Kier molecular flexibility index (Phi) is 20.7. The SMILES string of the molecule is CC1(C)OC[C@@H](CO)O1.CC1(C)OC[C@@H](COC(=O)c2ccccc2O)O1.CO.O=C(O)c1ccccc1O.O=C(OC[C@@H](O)CO)c1ccccc1O. The first-order chi connectivity index (χ1) is 25.5. The molecule has 0 amide bonds. The maximum atomic E-state index is 11.7. The first-order valence-corrected chi connectivity index (χ1v) is 16.4. The van der Waals surface area contributed by atoms with E-state index in [0.717, 1.165) is 7.11 Å². The molecule has 0 saturated carbocycles. The Bertz CT molecular complexity index is 1580. The van der Waals surface area contributed by atoms with E-state index >= 15 is 0 Å². The van der Waals surface area contributed by atoms with Gasteiger partial charge in [-0.2, -0.15) is 0 Å². The molecule has 2 heterocycles. The summed E-state index contributed by atoms with van der Waals surface area (Å²) in [6, 6.07) is 18.0. The molecule has 0 unspecified atom stereocenters. The minimum Gasteiger partial charge on any atom is -0.507 e. The van der Waals surface area contributed by atoms with Gasteiger partial charge in [0.2, 0.25) is 0 Å². The highest BCUT2D eigenvalue weighted by Crippen LogP contribution is 2.24. The van der Waals surface area contributed by atoms with Crippen molar-refractivity contribution >= 4 is 17.9 Å². The molecule has 3 aromatic rings. The third-order valence-electron chi connectivity index (χ3n) is 6.74. The summed E-state index contributed by atoms with van der Waals surface area (Å²) in [4.78, 5) is 33.3. The van der Waals surface area contributed by atoms with Crippen LogP contribution < -0.4 is 0 Å². The molecule has 300 valence electrons. The van der Waals surface area contributed by atoms with Crippen LogP contribution in [0, 0.1) is 0 Å². The summed E-state index contributed by atoms with van der Waals surface area (Å²) >= 11 is 0.